The largest absolute Gasteiger partial charge is 0.352 e. The van der Waals surface area contributed by atoms with Crippen LogP contribution in [-0.4, -0.2) is 56.7 Å². The first-order valence-corrected chi connectivity index (χ1v) is 10.3. The van der Waals surface area contributed by atoms with E-state index < -0.39 is 45.2 Å². The summed E-state index contributed by atoms with van der Waals surface area (Å²) in [5.41, 5.74) is 0. The van der Waals surface area contributed by atoms with Crippen LogP contribution in [0.25, 0.3) is 0 Å². The molecule has 1 saturated heterocycles. The van der Waals surface area contributed by atoms with Crippen LogP contribution in [0.15, 0.2) is 0 Å². The maximum Gasteiger partial charge on any atom is 0.240 e. The maximum atomic E-state index is 12.7. The van der Waals surface area contributed by atoms with Crippen LogP contribution in [0.1, 0.15) is 32.1 Å². The van der Waals surface area contributed by atoms with Crippen molar-refractivity contribution in [2.45, 2.75) is 59.7 Å². The number of hydrogen-bond acceptors (Lipinski definition) is 3. The molecule has 6 unspecified atom stereocenters. The van der Waals surface area contributed by atoms with Crippen molar-refractivity contribution in [1.29, 1.82) is 0 Å². The van der Waals surface area contributed by atoms with Crippen molar-refractivity contribution in [2.75, 3.05) is 6.54 Å². The van der Waals surface area contributed by atoms with E-state index >= 15 is 0 Å². The van der Waals surface area contributed by atoms with Gasteiger partial charge < -0.3 is 5.32 Å². The topological polar surface area (TPSA) is 66.5 Å². The third-order valence-electron chi connectivity index (χ3n) is 5.36. The van der Waals surface area contributed by atoms with Gasteiger partial charge in [-0.25, -0.2) is 0 Å². The molecule has 1 heterocycles. The minimum Gasteiger partial charge on any atom is -0.352 e. The molecule has 0 radical (unpaired) electrons. The smallest absolute Gasteiger partial charge is 0.240 e. The van der Waals surface area contributed by atoms with Gasteiger partial charge in [-0.2, -0.15) is 0 Å². The molecule has 1 aliphatic heterocycles. The van der Waals surface area contributed by atoms with Gasteiger partial charge in [-0.05, 0) is 12.8 Å². The highest BCUT2D eigenvalue weighted by atomic mass is 35.5. The molecule has 2 saturated carbocycles. The van der Waals surface area contributed by atoms with Crippen molar-refractivity contribution < 1.29 is 14.4 Å². The summed E-state index contributed by atoms with van der Waals surface area (Å²) in [6, 6.07) is 0.109. The van der Waals surface area contributed by atoms with E-state index in [1.807, 2.05) is 0 Å². The van der Waals surface area contributed by atoms with E-state index in [0.717, 1.165) is 30.6 Å². The van der Waals surface area contributed by atoms with Gasteiger partial charge in [0.25, 0.3) is 0 Å². The fourth-order valence-electron chi connectivity index (χ4n) is 4.01. The Kier molecular flexibility index (Phi) is 6.09. The van der Waals surface area contributed by atoms with Crippen LogP contribution in [0.2, 0.25) is 0 Å². The second kappa shape index (κ2) is 7.79. The lowest BCUT2D eigenvalue weighted by Crippen LogP contribution is -2.51. The third-order valence-corrected chi connectivity index (χ3v) is 7.92. The molecule has 1 N–H and O–H groups in total. The average Bonchev–Trinajstić information content (AvgIpc) is 2.83. The first-order chi connectivity index (χ1) is 11.8. The Hall–Kier alpha value is -0.230. The molecule has 0 aromatic rings. The lowest BCUT2D eigenvalue weighted by Gasteiger charge is -2.37. The molecule has 140 valence electrons. The van der Waals surface area contributed by atoms with Crippen molar-refractivity contribution in [3.05, 3.63) is 0 Å². The van der Waals surface area contributed by atoms with E-state index in [0.29, 0.717) is 0 Å². The fourth-order valence-corrected chi connectivity index (χ4v) is 5.63. The summed E-state index contributed by atoms with van der Waals surface area (Å²) in [5, 5.41) is -0.138. The highest BCUT2D eigenvalue weighted by Gasteiger charge is 2.60. The van der Waals surface area contributed by atoms with Gasteiger partial charge in [-0.15, -0.1) is 46.4 Å². The Morgan fingerprint density at radius 1 is 0.880 bits per heavy atom. The van der Waals surface area contributed by atoms with Gasteiger partial charge in [0.05, 0.1) is 33.3 Å². The van der Waals surface area contributed by atoms with Crippen LogP contribution in [0, 0.1) is 11.8 Å². The molecule has 2 aliphatic carbocycles. The van der Waals surface area contributed by atoms with Crippen molar-refractivity contribution in [2.24, 2.45) is 11.8 Å². The Morgan fingerprint density at radius 2 is 1.36 bits per heavy atom. The molecular formula is C16H20Cl4N2O3. The number of carbonyl (C=O) groups is 3. The lowest BCUT2D eigenvalue weighted by molar-refractivity contribution is -0.143. The van der Waals surface area contributed by atoms with E-state index in [1.165, 1.54) is 6.42 Å². The van der Waals surface area contributed by atoms with Gasteiger partial charge in [0.15, 0.2) is 0 Å². The first kappa shape index (κ1) is 19.5. The summed E-state index contributed by atoms with van der Waals surface area (Å²) in [6.07, 6.45) is 5.17. The number of carbonyl (C=O) groups excluding carboxylic acids is 3. The molecule has 3 rings (SSSR count). The van der Waals surface area contributed by atoms with Crippen molar-refractivity contribution in [1.82, 2.24) is 10.2 Å². The van der Waals surface area contributed by atoms with E-state index in [4.69, 9.17) is 46.4 Å². The highest BCUT2D eigenvalue weighted by molar-refractivity contribution is 6.40. The minimum absolute atomic E-state index is 0.109. The predicted molar refractivity (Wildman–Crippen MR) is 97.3 cm³/mol. The summed E-state index contributed by atoms with van der Waals surface area (Å²) >= 11 is 24.9. The zero-order valence-corrected chi connectivity index (χ0v) is 16.5. The minimum atomic E-state index is -0.836. The van der Waals surface area contributed by atoms with Gasteiger partial charge in [-0.1, -0.05) is 19.3 Å². The number of imide groups is 1. The average molecular weight is 430 g/mol. The Labute approximate surface area is 166 Å². The molecule has 0 aromatic heterocycles. The number of rotatable bonds is 3. The Morgan fingerprint density at radius 3 is 1.84 bits per heavy atom. The number of likely N-dealkylation sites (tertiary alicyclic amines) is 1. The maximum absolute atomic E-state index is 12.7. The van der Waals surface area contributed by atoms with Crippen LogP contribution >= 0.6 is 46.4 Å². The SMILES string of the molecule is O=C(CN1C(=O)C2C(Cl)C(Cl)C(Cl)C(Cl)C2C1=O)NC1CCCCC1. The van der Waals surface area contributed by atoms with Gasteiger partial charge in [-0.3, -0.25) is 19.3 Å². The number of halogens is 4. The van der Waals surface area contributed by atoms with Crippen LogP contribution in [0.5, 0.6) is 0 Å². The summed E-state index contributed by atoms with van der Waals surface area (Å²) in [5.74, 6) is -3.00. The van der Waals surface area contributed by atoms with E-state index in [-0.39, 0.29) is 18.5 Å². The van der Waals surface area contributed by atoms with Crippen LogP contribution in [0.4, 0.5) is 0 Å². The molecule has 5 nitrogen and oxygen atoms in total. The highest BCUT2D eigenvalue weighted by Crippen LogP contribution is 2.46. The number of fused-ring (bicyclic) bond motifs is 1. The van der Waals surface area contributed by atoms with Gasteiger partial charge in [0.1, 0.15) is 6.54 Å². The Balaban J connectivity index is 1.69. The lowest BCUT2D eigenvalue weighted by atomic mass is 9.79. The number of amides is 3. The van der Waals surface area contributed by atoms with Crippen LogP contribution in [0.3, 0.4) is 0 Å². The molecule has 6 atom stereocenters. The normalized spacial score (nSPS) is 39.4. The third kappa shape index (κ3) is 3.62. The predicted octanol–water partition coefficient (Wildman–Crippen LogP) is 2.48. The molecule has 0 bridgehead atoms. The second-order valence-corrected chi connectivity index (χ2v) is 9.01. The summed E-state index contributed by atoms with van der Waals surface area (Å²) < 4.78 is 0. The number of nitrogens with one attached hydrogen (secondary N) is 1. The number of alkyl halides is 4. The first-order valence-electron chi connectivity index (χ1n) is 8.53. The van der Waals surface area contributed by atoms with Crippen LogP contribution in [-0.2, 0) is 14.4 Å². The molecule has 25 heavy (non-hydrogen) atoms. The molecule has 3 fully saturated rings. The number of hydrogen-bond donors (Lipinski definition) is 1. The fraction of sp³-hybridized carbons (Fsp3) is 0.812. The van der Waals surface area contributed by atoms with E-state index in [1.54, 1.807) is 0 Å². The zero-order valence-electron chi connectivity index (χ0n) is 13.5. The second-order valence-electron chi connectivity index (χ2n) is 6.99. The summed E-state index contributed by atoms with van der Waals surface area (Å²) in [6.45, 7) is -0.311. The van der Waals surface area contributed by atoms with Gasteiger partial charge in [0, 0.05) is 6.04 Å². The standard InChI is InChI=1S/C16H20Cl4N2O3/c17-11-9-10(12(18)14(20)13(11)19)16(25)22(15(9)24)6-8(23)21-7-4-2-1-3-5-7/h7,9-14H,1-6H2,(H,21,23). The van der Waals surface area contributed by atoms with Crippen molar-refractivity contribution in [3.63, 3.8) is 0 Å². The zero-order chi connectivity index (χ0) is 18.3. The molecule has 3 aliphatic rings. The quantitative estimate of drug-likeness (QED) is 0.553. The van der Waals surface area contributed by atoms with E-state index in [9.17, 15) is 14.4 Å². The van der Waals surface area contributed by atoms with Gasteiger partial charge in [0.2, 0.25) is 17.7 Å². The van der Waals surface area contributed by atoms with E-state index in [2.05, 4.69) is 5.32 Å². The molecule has 9 heteroatoms. The molecular weight excluding hydrogens is 410 g/mol. The summed E-state index contributed by atoms with van der Waals surface area (Å²) in [4.78, 5) is 38.6. The molecule has 0 spiro atoms. The van der Waals surface area contributed by atoms with Crippen molar-refractivity contribution in [3.8, 4) is 0 Å². The Bertz CT molecular complexity index is 538. The molecule has 0 aromatic carbocycles. The van der Waals surface area contributed by atoms with Gasteiger partial charge >= 0.3 is 0 Å². The monoisotopic (exact) mass is 428 g/mol. The summed E-state index contributed by atoms with van der Waals surface area (Å²) in [7, 11) is 0. The molecule has 3 amide bonds. The van der Waals surface area contributed by atoms with Crippen LogP contribution < -0.4 is 5.32 Å². The van der Waals surface area contributed by atoms with Crippen molar-refractivity contribution >= 4 is 64.1 Å². The number of nitrogens with zero attached hydrogens (tertiary/aromatic N) is 1.